The number of benzene rings is 2. The molecule has 4 rings (SSSR count). The Kier molecular flexibility index (Phi) is 7.47. The Morgan fingerprint density at radius 1 is 1.09 bits per heavy atom. The van der Waals surface area contributed by atoms with Crippen LogP contribution < -0.4 is 10.1 Å². The van der Waals surface area contributed by atoms with E-state index in [1.165, 1.54) is 11.3 Å². The quantitative estimate of drug-likeness (QED) is 0.230. The number of anilines is 1. The molecule has 4 aromatic rings. The molecule has 0 spiro atoms. The van der Waals surface area contributed by atoms with E-state index in [0.717, 1.165) is 32.0 Å². The summed E-state index contributed by atoms with van der Waals surface area (Å²) in [5.41, 5.74) is 1.85. The smallest absolute Gasteiger partial charge is 0.348 e. The molecule has 0 unspecified atom stereocenters. The van der Waals surface area contributed by atoms with E-state index >= 15 is 0 Å². The minimum absolute atomic E-state index is 0.325. The molecule has 170 valence electrons. The summed E-state index contributed by atoms with van der Waals surface area (Å²) in [7, 11) is 1.66. The molecule has 33 heavy (non-hydrogen) atoms. The molecule has 0 atom stereocenters. The van der Waals surface area contributed by atoms with E-state index < -0.39 is 0 Å². The number of para-hydroxylation sites is 1. The third kappa shape index (κ3) is 5.29. The molecule has 0 amide bonds. The zero-order chi connectivity index (χ0) is 23.2. The highest BCUT2D eigenvalue weighted by Gasteiger charge is 2.21. The molecule has 2 aromatic carbocycles. The van der Waals surface area contributed by atoms with Crippen LogP contribution in [0, 0.1) is 6.92 Å². The molecule has 0 aliphatic carbocycles. The van der Waals surface area contributed by atoms with Crippen LogP contribution in [0.25, 0.3) is 10.2 Å². The number of aryl methyl sites for hydroxylation is 1. The van der Waals surface area contributed by atoms with Crippen molar-refractivity contribution in [3.8, 4) is 5.75 Å². The summed E-state index contributed by atoms with van der Waals surface area (Å²) in [6, 6.07) is 18.0. The number of rotatable bonds is 9. The third-order valence-electron chi connectivity index (χ3n) is 5.05. The molecule has 0 aliphatic heterocycles. The predicted molar refractivity (Wildman–Crippen MR) is 134 cm³/mol. The van der Waals surface area contributed by atoms with Crippen LogP contribution in [-0.4, -0.2) is 29.7 Å². The lowest BCUT2D eigenvalue weighted by Gasteiger charge is -2.12. The number of esters is 1. The molecular formula is C25H25N3O3S2. The maximum atomic E-state index is 12.5. The van der Waals surface area contributed by atoms with Gasteiger partial charge in [-0.3, -0.25) is 0 Å². The summed E-state index contributed by atoms with van der Waals surface area (Å²) in [5.74, 6) is 2.52. The summed E-state index contributed by atoms with van der Waals surface area (Å²) in [6.45, 7) is 4.59. The van der Waals surface area contributed by atoms with Gasteiger partial charge >= 0.3 is 5.97 Å². The summed E-state index contributed by atoms with van der Waals surface area (Å²) in [4.78, 5) is 24.6. The first kappa shape index (κ1) is 23.1. The Balaban J connectivity index is 1.69. The Bertz CT molecular complexity index is 1260. The van der Waals surface area contributed by atoms with E-state index in [2.05, 4.69) is 17.4 Å². The summed E-state index contributed by atoms with van der Waals surface area (Å²) in [6.07, 6.45) is 0. The van der Waals surface area contributed by atoms with Crippen molar-refractivity contribution < 1.29 is 14.3 Å². The summed E-state index contributed by atoms with van der Waals surface area (Å²) < 4.78 is 10.7. The van der Waals surface area contributed by atoms with Crippen molar-refractivity contribution in [3.05, 3.63) is 76.4 Å². The molecule has 0 saturated carbocycles. The summed E-state index contributed by atoms with van der Waals surface area (Å²) in [5, 5.41) is 4.31. The van der Waals surface area contributed by atoms with Crippen LogP contribution >= 0.6 is 23.1 Å². The Hall–Kier alpha value is -3.10. The lowest BCUT2D eigenvalue weighted by molar-refractivity contribution is 0.0531. The van der Waals surface area contributed by atoms with Gasteiger partial charge in [0, 0.05) is 17.0 Å². The highest BCUT2D eigenvalue weighted by atomic mass is 32.2. The van der Waals surface area contributed by atoms with E-state index in [0.29, 0.717) is 35.4 Å². The zero-order valence-electron chi connectivity index (χ0n) is 18.8. The fraction of sp³-hybridized carbons (Fsp3) is 0.240. The fourth-order valence-corrected chi connectivity index (χ4v) is 5.33. The average molecular weight is 480 g/mol. The van der Waals surface area contributed by atoms with Crippen molar-refractivity contribution >= 4 is 45.1 Å². The number of nitrogens with zero attached hydrogens (tertiary/aromatic N) is 2. The zero-order valence-corrected chi connectivity index (χ0v) is 20.4. The highest BCUT2D eigenvalue weighted by Crippen LogP contribution is 2.35. The second-order valence-corrected chi connectivity index (χ2v) is 9.26. The van der Waals surface area contributed by atoms with Crippen LogP contribution in [0.4, 0.5) is 5.82 Å². The Morgan fingerprint density at radius 2 is 1.85 bits per heavy atom. The van der Waals surface area contributed by atoms with Gasteiger partial charge in [0.15, 0.2) is 0 Å². The predicted octanol–water partition coefficient (Wildman–Crippen LogP) is 6.09. The van der Waals surface area contributed by atoms with E-state index in [1.54, 1.807) is 25.8 Å². The standard InChI is InChI=1S/C25H25N3O3S2/c1-4-31-25(29)22-16(2)21-23(26-14-17-10-8-9-13-19(17)30-3)27-20(28-24(21)33-22)15-32-18-11-6-5-7-12-18/h5-13H,4,14-15H2,1-3H3,(H,26,27,28). The first-order valence-electron chi connectivity index (χ1n) is 10.6. The van der Waals surface area contributed by atoms with Crippen LogP contribution in [0.15, 0.2) is 59.5 Å². The molecule has 0 aliphatic rings. The van der Waals surface area contributed by atoms with Gasteiger partial charge in [-0.25, -0.2) is 14.8 Å². The number of thiophene rings is 1. The number of methoxy groups -OCH3 is 1. The molecule has 8 heteroatoms. The molecule has 0 bridgehead atoms. The van der Waals surface area contributed by atoms with E-state index in [1.807, 2.05) is 49.4 Å². The largest absolute Gasteiger partial charge is 0.496 e. The van der Waals surface area contributed by atoms with Gasteiger partial charge in [-0.2, -0.15) is 0 Å². The van der Waals surface area contributed by atoms with Crippen molar-refractivity contribution in [2.75, 3.05) is 19.0 Å². The van der Waals surface area contributed by atoms with Crippen molar-refractivity contribution in [2.24, 2.45) is 0 Å². The van der Waals surface area contributed by atoms with Crippen LogP contribution in [0.1, 0.15) is 33.5 Å². The van der Waals surface area contributed by atoms with Gasteiger partial charge in [0.2, 0.25) is 0 Å². The van der Waals surface area contributed by atoms with Gasteiger partial charge in [0.05, 0.1) is 24.9 Å². The third-order valence-corrected chi connectivity index (χ3v) is 7.22. The van der Waals surface area contributed by atoms with Crippen molar-refractivity contribution in [3.63, 3.8) is 0 Å². The number of carbonyl (C=O) groups is 1. The lowest BCUT2D eigenvalue weighted by Crippen LogP contribution is -2.07. The maximum absolute atomic E-state index is 12.5. The number of aromatic nitrogens is 2. The van der Waals surface area contributed by atoms with Crippen LogP contribution in [0.2, 0.25) is 0 Å². The maximum Gasteiger partial charge on any atom is 0.348 e. The normalized spacial score (nSPS) is 10.9. The lowest BCUT2D eigenvalue weighted by atomic mass is 10.1. The molecular weight excluding hydrogens is 454 g/mol. The highest BCUT2D eigenvalue weighted by molar-refractivity contribution is 7.98. The minimum Gasteiger partial charge on any atom is -0.496 e. The Labute approximate surface area is 201 Å². The van der Waals surface area contributed by atoms with Gasteiger partial charge in [-0.05, 0) is 37.6 Å². The minimum atomic E-state index is -0.325. The average Bonchev–Trinajstić information content (AvgIpc) is 3.18. The number of carbonyl (C=O) groups excluding carboxylic acids is 1. The first-order valence-corrected chi connectivity index (χ1v) is 12.4. The Morgan fingerprint density at radius 3 is 2.61 bits per heavy atom. The van der Waals surface area contributed by atoms with Gasteiger partial charge in [0.25, 0.3) is 0 Å². The van der Waals surface area contributed by atoms with E-state index in [4.69, 9.17) is 19.4 Å². The topological polar surface area (TPSA) is 73.3 Å². The summed E-state index contributed by atoms with van der Waals surface area (Å²) >= 11 is 3.03. The van der Waals surface area contributed by atoms with Gasteiger partial charge in [-0.1, -0.05) is 36.4 Å². The van der Waals surface area contributed by atoms with Gasteiger partial charge < -0.3 is 14.8 Å². The fourth-order valence-electron chi connectivity index (χ4n) is 3.46. The number of fused-ring (bicyclic) bond motifs is 1. The van der Waals surface area contributed by atoms with E-state index in [9.17, 15) is 4.79 Å². The molecule has 0 saturated heterocycles. The number of hydrogen-bond donors (Lipinski definition) is 1. The molecule has 2 heterocycles. The molecule has 0 fully saturated rings. The van der Waals surface area contributed by atoms with Gasteiger partial charge in [-0.15, -0.1) is 23.1 Å². The second kappa shape index (κ2) is 10.7. The first-order chi connectivity index (χ1) is 16.1. The molecule has 2 aromatic heterocycles. The van der Waals surface area contributed by atoms with Gasteiger partial charge in [0.1, 0.15) is 27.1 Å². The molecule has 0 radical (unpaired) electrons. The number of ether oxygens (including phenoxy) is 2. The van der Waals surface area contributed by atoms with Crippen LogP contribution in [-0.2, 0) is 17.0 Å². The number of hydrogen-bond acceptors (Lipinski definition) is 8. The second-order valence-electron chi connectivity index (χ2n) is 7.21. The van der Waals surface area contributed by atoms with Crippen molar-refractivity contribution in [2.45, 2.75) is 31.0 Å². The van der Waals surface area contributed by atoms with Crippen molar-refractivity contribution in [1.82, 2.24) is 9.97 Å². The monoisotopic (exact) mass is 479 g/mol. The SMILES string of the molecule is CCOC(=O)c1sc2nc(CSc3ccccc3)nc(NCc3ccccc3OC)c2c1C. The number of thioether (sulfide) groups is 1. The van der Waals surface area contributed by atoms with Crippen LogP contribution in [0.5, 0.6) is 5.75 Å². The van der Waals surface area contributed by atoms with E-state index in [-0.39, 0.29) is 5.97 Å². The van der Waals surface area contributed by atoms with Crippen LogP contribution in [0.3, 0.4) is 0 Å². The van der Waals surface area contributed by atoms with Crippen molar-refractivity contribution in [1.29, 1.82) is 0 Å². The molecule has 6 nitrogen and oxygen atoms in total. The molecule has 1 N–H and O–H groups in total. The number of nitrogens with one attached hydrogen (secondary N) is 1.